The van der Waals surface area contributed by atoms with Crippen LogP contribution in [0.2, 0.25) is 0 Å². The van der Waals surface area contributed by atoms with E-state index in [-0.39, 0.29) is 0 Å². The van der Waals surface area contributed by atoms with Crippen molar-refractivity contribution in [2.45, 2.75) is 38.9 Å². The van der Waals surface area contributed by atoms with Crippen LogP contribution in [0.5, 0.6) is 0 Å². The predicted molar refractivity (Wildman–Crippen MR) is 91.1 cm³/mol. The van der Waals surface area contributed by atoms with Crippen LogP contribution in [-0.2, 0) is 13.1 Å². The predicted octanol–water partition coefficient (Wildman–Crippen LogP) is 4.27. The van der Waals surface area contributed by atoms with Crippen molar-refractivity contribution in [2.75, 3.05) is 0 Å². The average Bonchev–Trinajstić information content (AvgIpc) is 3.20. The van der Waals surface area contributed by atoms with Crippen LogP contribution >= 0.6 is 11.3 Å². The first-order valence-electron chi connectivity index (χ1n) is 7.92. The summed E-state index contributed by atoms with van der Waals surface area (Å²) in [6.45, 7) is 4.01. The fourth-order valence-corrected chi connectivity index (χ4v) is 3.68. The number of hydrogen-bond acceptors (Lipinski definition) is 5. The highest BCUT2D eigenvalue weighted by Crippen LogP contribution is 2.32. The van der Waals surface area contributed by atoms with Gasteiger partial charge in [0.15, 0.2) is 5.76 Å². The van der Waals surface area contributed by atoms with E-state index < -0.39 is 0 Å². The Morgan fingerprint density at radius 1 is 1.22 bits per heavy atom. The molecule has 0 atom stereocenters. The van der Waals surface area contributed by atoms with E-state index in [0.29, 0.717) is 6.04 Å². The number of hydrogen-bond donors (Lipinski definition) is 0. The molecule has 1 aliphatic rings. The van der Waals surface area contributed by atoms with E-state index in [1.165, 1.54) is 23.3 Å². The lowest BCUT2D eigenvalue weighted by Gasteiger charge is -2.20. The van der Waals surface area contributed by atoms with Crippen LogP contribution in [0.4, 0.5) is 0 Å². The minimum absolute atomic E-state index is 0.686. The lowest BCUT2D eigenvalue weighted by atomic mass is 10.2. The monoisotopic (exact) mass is 325 g/mol. The highest BCUT2D eigenvalue weighted by atomic mass is 32.1. The van der Waals surface area contributed by atoms with Gasteiger partial charge < -0.3 is 4.52 Å². The molecule has 1 fully saturated rings. The van der Waals surface area contributed by atoms with Gasteiger partial charge in [-0.1, -0.05) is 5.16 Å². The molecule has 0 bridgehead atoms. The van der Waals surface area contributed by atoms with Crippen LogP contribution in [-0.4, -0.2) is 21.1 Å². The molecule has 3 aromatic heterocycles. The molecule has 0 unspecified atom stereocenters. The zero-order valence-electron chi connectivity index (χ0n) is 13.1. The lowest BCUT2D eigenvalue weighted by molar-refractivity contribution is 0.215. The van der Waals surface area contributed by atoms with Crippen molar-refractivity contribution in [2.24, 2.45) is 0 Å². The normalized spacial score (nSPS) is 14.5. The molecule has 0 saturated heterocycles. The highest BCUT2D eigenvalue weighted by Gasteiger charge is 2.30. The summed E-state index contributed by atoms with van der Waals surface area (Å²) in [4.78, 5) is 8.00. The first-order valence-corrected chi connectivity index (χ1v) is 8.80. The van der Waals surface area contributed by atoms with Crippen molar-refractivity contribution in [3.8, 4) is 11.3 Å². The molecule has 0 amide bonds. The Morgan fingerprint density at radius 2 is 2.04 bits per heavy atom. The van der Waals surface area contributed by atoms with Crippen LogP contribution in [0, 0.1) is 6.92 Å². The molecule has 0 radical (unpaired) electrons. The molecule has 3 aromatic rings. The second kappa shape index (κ2) is 6.26. The van der Waals surface area contributed by atoms with Gasteiger partial charge in [-0.05, 0) is 48.9 Å². The van der Waals surface area contributed by atoms with Crippen molar-refractivity contribution in [1.82, 2.24) is 15.0 Å². The van der Waals surface area contributed by atoms with E-state index in [9.17, 15) is 0 Å². The quantitative estimate of drug-likeness (QED) is 0.679. The Balaban J connectivity index is 1.49. The Labute approximate surface area is 139 Å². The van der Waals surface area contributed by atoms with E-state index in [0.717, 1.165) is 30.1 Å². The first-order chi connectivity index (χ1) is 11.3. The first kappa shape index (κ1) is 14.6. The van der Waals surface area contributed by atoms with Gasteiger partial charge in [-0.15, -0.1) is 11.3 Å². The van der Waals surface area contributed by atoms with E-state index in [1.807, 2.05) is 29.5 Å². The third-order valence-corrected chi connectivity index (χ3v) is 5.28. The third kappa shape index (κ3) is 3.35. The molecular weight excluding hydrogens is 306 g/mol. The lowest BCUT2D eigenvalue weighted by Crippen LogP contribution is -2.24. The van der Waals surface area contributed by atoms with Gasteiger partial charge >= 0.3 is 0 Å². The molecule has 23 heavy (non-hydrogen) atoms. The highest BCUT2D eigenvalue weighted by molar-refractivity contribution is 7.10. The van der Waals surface area contributed by atoms with E-state index in [4.69, 9.17) is 4.52 Å². The number of pyridine rings is 1. The number of thiophene rings is 1. The fraction of sp³-hybridized carbons (Fsp3) is 0.333. The Bertz CT molecular complexity index is 776. The molecule has 4 nitrogen and oxygen atoms in total. The summed E-state index contributed by atoms with van der Waals surface area (Å²) in [5.41, 5.74) is 3.31. The molecule has 3 heterocycles. The van der Waals surface area contributed by atoms with Crippen LogP contribution in [0.3, 0.4) is 0 Å². The maximum Gasteiger partial charge on any atom is 0.151 e. The number of aromatic nitrogens is 2. The molecule has 118 valence electrons. The van der Waals surface area contributed by atoms with Gasteiger partial charge in [0.1, 0.15) is 5.69 Å². The summed E-state index contributed by atoms with van der Waals surface area (Å²) >= 11 is 1.84. The molecule has 0 spiro atoms. The Hall–Kier alpha value is -1.98. The van der Waals surface area contributed by atoms with Gasteiger partial charge in [-0.2, -0.15) is 0 Å². The minimum atomic E-state index is 0.686. The zero-order valence-corrected chi connectivity index (χ0v) is 13.9. The van der Waals surface area contributed by atoms with Crippen LogP contribution in [0.1, 0.15) is 29.0 Å². The molecule has 5 heteroatoms. The van der Waals surface area contributed by atoms with Gasteiger partial charge in [0.2, 0.25) is 0 Å². The Morgan fingerprint density at radius 3 is 2.74 bits per heavy atom. The summed E-state index contributed by atoms with van der Waals surface area (Å²) < 4.78 is 5.57. The summed E-state index contributed by atoms with van der Waals surface area (Å²) in [6, 6.07) is 8.84. The van der Waals surface area contributed by atoms with Crippen molar-refractivity contribution < 1.29 is 4.52 Å². The zero-order chi connectivity index (χ0) is 15.6. The van der Waals surface area contributed by atoms with Gasteiger partial charge in [0, 0.05) is 41.5 Å². The van der Waals surface area contributed by atoms with Crippen molar-refractivity contribution >= 4 is 11.3 Å². The van der Waals surface area contributed by atoms with Crippen molar-refractivity contribution in [1.29, 1.82) is 0 Å². The molecule has 1 saturated carbocycles. The van der Waals surface area contributed by atoms with Crippen molar-refractivity contribution in [3.63, 3.8) is 0 Å². The van der Waals surface area contributed by atoms with E-state index in [2.05, 4.69) is 33.4 Å². The standard InChI is InChI=1S/C18H19N3OS/c1-13-6-9-23-18(13)12-21(15-2-3-15)11-16-10-17(20-22-16)14-4-7-19-8-5-14/h4-10,15H,2-3,11-12H2,1H3. The summed E-state index contributed by atoms with van der Waals surface area (Å²) in [5, 5.41) is 6.38. The average molecular weight is 325 g/mol. The third-order valence-electron chi connectivity index (χ3n) is 4.27. The van der Waals surface area contributed by atoms with Crippen LogP contribution in [0.25, 0.3) is 11.3 Å². The molecule has 4 rings (SSSR count). The minimum Gasteiger partial charge on any atom is -0.359 e. The van der Waals surface area contributed by atoms with Gasteiger partial charge in [0.25, 0.3) is 0 Å². The van der Waals surface area contributed by atoms with Gasteiger partial charge in [-0.3, -0.25) is 9.88 Å². The number of nitrogens with zero attached hydrogens (tertiary/aromatic N) is 3. The second-order valence-corrected chi connectivity index (χ2v) is 7.08. The van der Waals surface area contributed by atoms with E-state index >= 15 is 0 Å². The summed E-state index contributed by atoms with van der Waals surface area (Å²) in [7, 11) is 0. The number of rotatable bonds is 6. The number of aryl methyl sites for hydroxylation is 1. The van der Waals surface area contributed by atoms with Crippen LogP contribution in [0.15, 0.2) is 46.6 Å². The molecule has 1 aliphatic carbocycles. The van der Waals surface area contributed by atoms with Gasteiger partial charge in [0.05, 0.1) is 6.54 Å². The topological polar surface area (TPSA) is 42.2 Å². The maximum atomic E-state index is 5.57. The molecule has 0 aromatic carbocycles. The molecular formula is C18H19N3OS. The SMILES string of the molecule is Cc1ccsc1CN(Cc1cc(-c2ccncc2)no1)C1CC1. The molecule has 0 aliphatic heterocycles. The smallest absolute Gasteiger partial charge is 0.151 e. The van der Waals surface area contributed by atoms with Crippen LogP contribution < -0.4 is 0 Å². The fourth-order valence-electron chi connectivity index (χ4n) is 2.75. The Kier molecular flexibility index (Phi) is 3.97. The van der Waals surface area contributed by atoms with Gasteiger partial charge in [-0.25, -0.2) is 0 Å². The molecule has 0 N–H and O–H groups in total. The summed E-state index contributed by atoms with van der Waals surface area (Å²) in [5.74, 6) is 0.929. The maximum absolute atomic E-state index is 5.57. The van der Waals surface area contributed by atoms with Crippen molar-refractivity contribution in [3.05, 3.63) is 58.2 Å². The second-order valence-electron chi connectivity index (χ2n) is 6.08. The summed E-state index contributed by atoms with van der Waals surface area (Å²) in [6.07, 6.45) is 6.13. The largest absolute Gasteiger partial charge is 0.359 e. The van der Waals surface area contributed by atoms with E-state index in [1.54, 1.807) is 12.4 Å².